The molecule has 0 saturated carbocycles. The molecular weight excluding hydrogens is 194 g/mol. The molecule has 0 aliphatic carbocycles. The standard InChI is InChI=1S/C11H13NO3/c1-8(13)11(14)12(2)9-6-4-5-7-10(9)15-3/h4-7H,1-3H3. The SMILES string of the molecule is COc1ccccc1N(C)C(=O)C(C)=O. The molecule has 80 valence electrons. The molecule has 1 amide bonds. The fraction of sp³-hybridized carbons (Fsp3) is 0.273. The molecule has 0 unspecified atom stereocenters. The normalized spacial score (nSPS) is 9.53. The van der Waals surface area contributed by atoms with Crippen LogP contribution in [-0.2, 0) is 9.59 Å². The van der Waals surface area contributed by atoms with Crippen molar-refractivity contribution >= 4 is 17.4 Å². The largest absolute Gasteiger partial charge is 0.495 e. The first-order chi connectivity index (χ1) is 7.07. The molecule has 4 nitrogen and oxygen atoms in total. The van der Waals surface area contributed by atoms with Crippen molar-refractivity contribution in [2.75, 3.05) is 19.1 Å². The lowest BCUT2D eigenvalue weighted by molar-refractivity contribution is -0.134. The minimum absolute atomic E-state index is 0.497. The van der Waals surface area contributed by atoms with E-state index in [0.29, 0.717) is 11.4 Å². The summed E-state index contributed by atoms with van der Waals surface area (Å²) in [5.74, 6) is -0.488. The molecule has 0 N–H and O–H groups in total. The Labute approximate surface area is 88.5 Å². The van der Waals surface area contributed by atoms with Crippen LogP contribution in [0.3, 0.4) is 0 Å². The van der Waals surface area contributed by atoms with Gasteiger partial charge in [-0.3, -0.25) is 9.59 Å². The summed E-state index contributed by atoms with van der Waals surface area (Å²) in [7, 11) is 3.06. The first-order valence-corrected chi connectivity index (χ1v) is 4.49. The Balaban J connectivity index is 3.05. The molecule has 1 rings (SSSR count). The van der Waals surface area contributed by atoms with Crippen LogP contribution in [0.4, 0.5) is 5.69 Å². The smallest absolute Gasteiger partial charge is 0.293 e. The third-order valence-electron chi connectivity index (χ3n) is 2.05. The van der Waals surface area contributed by atoms with E-state index in [4.69, 9.17) is 4.74 Å². The van der Waals surface area contributed by atoms with Gasteiger partial charge < -0.3 is 9.64 Å². The fourth-order valence-electron chi connectivity index (χ4n) is 1.25. The summed E-state index contributed by atoms with van der Waals surface area (Å²) in [4.78, 5) is 23.6. The molecule has 0 aliphatic rings. The second kappa shape index (κ2) is 4.59. The highest BCUT2D eigenvalue weighted by atomic mass is 16.5. The summed E-state index contributed by atoms with van der Waals surface area (Å²) < 4.78 is 5.09. The van der Waals surface area contributed by atoms with Crippen molar-refractivity contribution in [3.05, 3.63) is 24.3 Å². The van der Waals surface area contributed by atoms with Crippen LogP contribution in [0.5, 0.6) is 5.75 Å². The maximum Gasteiger partial charge on any atom is 0.293 e. The van der Waals surface area contributed by atoms with Gasteiger partial charge in [-0.15, -0.1) is 0 Å². The maximum atomic E-state index is 11.4. The van der Waals surface area contributed by atoms with E-state index in [1.54, 1.807) is 31.3 Å². The molecular formula is C11H13NO3. The molecule has 1 aromatic carbocycles. The Kier molecular flexibility index (Phi) is 3.44. The van der Waals surface area contributed by atoms with Gasteiger partial charge in [-0.1, -0.05) is 12.1 Å². The lowest BCUT2D eigenvalue weighted by atomic mass is 10.2. The zero-order valence-corrected chi connectivity index (χ0v) is 8.98. The van der Waals surface area contributed by atoms with E-state index in [9.17, 15) is 9.59 Å². The Hall–Kier alpha value is -1.84. The number of likely N-dealkylation sites (N-methyl/N-ethyl adjacent to an activating group) is 1. The number of Topliss-reactive ketones (excluding diaryl/α,β-unsaturated/α-hetero) is 1. The van der Waals surface area contributed by atoms with Crippen LogP contribution in [0.25, 0.3) is 0 Å². The topological polar surface area (TPSA) is 46.6 Å². The predicted molar refractivity (Wildman–Crippen MR) is 57.1 cm³/mol. The van der Waals surface area contributed by atoms with Crippen molar-refractivity contribution < 1.29 is 14.3 Å². The molecule has 4 heteroatoms. The van der Waals surface area contributed by atoms with Crippen LogP contribution in [0.2, 0.25) is 0 Å². The predicted octanol–water partition coefficient (Wildman–Crippen LogP) is 1.25. The van der Waals surface area contributed by atoms with Gasteiger partial charge in [-0.05, 0) is 12.1 Å². The van der Waals surface area contributed by atoms with Crippen molar-refractivity contribution in [2.45, 2.75) is 6.92 Å². The minimum Gasteiger partial charge on any atom is -0.495 e. The van der Waals surface area contributed by atoms with Crippen LogP contribution in [-0.4, -0.2) is 25.8 Å². The summed E-state index contributed by atoms with van der Waals surface area (Å²) >= 11 is 0. The van der Waals surface area contributed by atoms with E-state index >= 15 is 0 Å². The number of methoxy groups -OCH3 is 1. The molecule has 0 aliphatic heterocycles. The Morgan fingerprint density at radius 1 is 1.27 bits per heavy atom. The number of hydrogen-bond acceptors (Lipinski definition) is 3. The lowest BCUT2D eigenvalue weighted by Gasteiger charge is -2.18. The van der Waals surface area contributed by atoms with Crippen LogP contribution in [0, 0.1) is 0 Å². The highest BCUT2D eigenvalue weighted by molar-refractivity contribution is 6.40. The van der Waals surface area contributed by atoms with Gasteiger partial charge in [0.1, 0.15) is 5.75 Å². The number of carbonyl (C=O) groups excluding carboxylic acids is 2. The van der Waals surface area contributed by atoms with Gasteiger partial charge in [0.2, 0.25) is 5.78 Å². The number of ether oxygens (including phenoxy) is 1. The molecule has 15 heavy (non-hydrogen) atoms. The van der Waals surface area contributed by atoms with E-state index in [0.717, 1.165) is 0 Å². The number of amides is 1. The number of rotatable bonds is 3. The molecule has 0 heterocycles. The van der Waals surface area contributed by atoms with E-state index in [1.807, 2.05) is 0 Å². The quantitative estimate of drug-likeness (QED) is 0.701. The van der Waals surface area contributed by atoms with Gasteiger partial charge in [0.25, 0.3) is 5.91 Å². The van der Waals surface area contributed by atoms with E-state index in [1.165, 1.54) is 18.9 Å². The van der Waals surface area contributed by atoms with Crippen LogP contribution in [0.1, 0.15) is 6.92 Å². The number of benzene rings is 1. The Morgan fingerprint density at radius 2 is 1.87 bits per heavy atom. The second-order valence-corrected chi connectivity index (χ2v) is 3.09. The van der Waals surface area contributed by atoms with Crippen LogP contribution in [0.15, 0.2) is 24.3 Å². The molecule has 0 spiro atoms. The Morgan fingerprint density at radius 3 is 2.40 bits per heavy atom. The van der Waals surface area contributed by atoms with Crippen molar-refractivity contribution in [1.29, 1.82) is 0 Å². The first-order valence-electron chi connectivity index (χ1n) is 4.49. The van der Waals surface area contributed by atoms with Crippen LogP contribution < -0.4 is 9.64 Å². The highest BCUT2D eigenvalue weighted by Gasteiger charge is 2.17. The molecule has 0 radical (unpaired) electrons. The van der Waals surface area contributed by atoms with Crippen molar-refractivity contribution in [2.24, 2.45) is 0 Å². The fourth-order valence-corrected chi connectivity index (χ4v) is 1.25. The number of nitrogens with zero attached hydrogens (tertiary/aromatic N) is 1. The zero-order chi connectivity index (χ0) is 11.4. The van der Waals surface area contributed by atoms with Gasteiger partial charge >= 0.3 is 0 Å². The summed E-state index contributed by atoms with van der Waals surface area (Å²) in [6.07, 6.45) is 0. The molecule has 1 aromatic rings. The summed E-state index contributed by atoms with van der Waals surface area (Å²) in [5, 5.41) is 0. The van der Waals surface area contributed by atoms with Gasteiger partial charge in [-0.2, -0.15) is 0 Å². The number of anilines is 1. The molecule has 0 aromatic heterocycles. The summed E-state index contributed by atoms with van der Waals surface area (Å²) in [5.41, 5.74) is 0.584. The van der Waals surface area contributed by atoms with Crippen molar-refractivity contribution in [3.8, 4) is 5.75 Å². The molecule has 0 fully saturated rings. The monoisotopic (exact) mass is 207 g/mol. The number of ketones is 1. The number of para-hydroxylation sites is 2. The average molecular weight is 207 g/mol. The third kappa shape index (κ3) is 2.34. The highest BCUT2D eigenvalue weighted by Crippen LogP contribution is 2.26. The first kappa shape index (κ1) is 11.2. The second-order valence-electron chi connectivity index (χ2n) is 3.09. The lowest BCUT2D eigenvalue weighted by Crippen LogP contribution is -2.31. The van der Waals surface area contributed by atoms with Gasteiger partial charge in [0, 0.05) is 14.0 Å². The van der Waals surface area contributed by atoms with Gasteiger partial charge in [0.15, 0.2) is 0 Å². The van der Waals surface area contributed by atoms with E-state index in [2.05, 4.69) is 0 Å². The van der Waals surface area contributed by atoms with Crippen molar-refractivity contribution in [1.82, 2.24) is 0 Å². The molecule has 0 bridgehead atoms. The van der Waals surface area contributed by atoms with E-state index in [-0.39, 0.29) is 0 Å². The zero-order valence-electron chi connectivity index (χ0n) is 8.98. The van der Waals surface area contributed by atoms with Gasteiger partial charge in [-0.25, -0.2) is 0 Å². The average Bonchev–Trinajstić information content (AvgIpc) is 2.26. The third-order valence-corrected chi connectivity index (χ3v) is 2.05. The Bertz CT molecular complexity index is 387. The summed E-state index contributed by atoms with van der Waals surface area (Å²) in [6.45, 7) is 1.24. The molecule has 0 atom stereocenters. The summed E-state index contributed by atoms with van der Waals surface area (Å²) in [6, 6.07) is 7.04. The van der Waals surface area contributed by atoms with Gasteiger partial charge in [0.05, 0.1) is 12.8 Å². The van der Waals surface area contributed by atoms with Crippen molar-refractivity contribution in [3.63, 3.8) is 0 Å². The maximum absolute atomic E-state index is 11.4. The van der Waals surface area contributed by atoms with Crippen LogP contribution >= 0.6 is 0 Å². The number of carbonyl (C=O) groups is 2. The minimum atomic E-state index is -0.556. The van der Waals surface area contributed by atoms with E-state index < -0.39 is 11.7 Å². The number of hydrogen-bond donors (Lipinski definition) is 0. The molecule has 0 saturated heterocycles.